The third kappa shape index (κ3) is 2.09. The first-order valence-electron chi connectivity index (χ1n) is 5.39. The van der Waals surface area contributed by atoms with Gasteiger partial charge in [-0.05, 0) is 25.0 Å². The van der Waals surface area contributed by atoms with E-state index in [1.54, 1.807) is 0 Å². The number of nitrogens with zero attached hydrogens (tertiary/aromatic N) is 2. The molecule has 0 radical (unpaired) electrons. The van der Waals surface area contributed by atoms with Crippen LogP contribution >= 0.6 is 11.6 Å². The third-order valence-corrected chi connectivity index (χ3v) is 2.95. The molecule has 1 N–H and O–H groups in total. The van der Waals surface area contributed by atoms with E-state index in [-0.39, 0.29) is 0 Å². The number of nitrogens with one attached hydrogen (secondary N) is 1. The van der Waals surface area contributed by atoms with Crippen molar-refractivity contribution >= 4 is 11.6 Å². The quantitative estimate of drug-likeness (QED) is 0.886. The molecule has 0 amide bonds. The van der Waals surface area contributed by atoms with Gasteiger partial charge < -0.3 is 0 Å². The summed E-state index contributed by atoms with van der Waals surface area (Å²) in [6.07, 6.45) is 1.96. The monoisotopic (exact) mass is 235 g/mol. The Morgan fingerprint density at radius 1 is 1.38 bits per heavy atom. The Labute approximate surface area is 99.9 Å². The molecule has 2 aromatic rings. The Morgan fingerprint density at radius 3 is 2.94 bits per heavy atom. The largest absolute Gasteiger partial charge is 0.263 e. The molecule has 2 rings (SSSR count). The second kappa shape index (κ2) is 4.66. The minimum absolute atomic E-state index is 0.678. The van der Waals surface area contributed by atoms with Crippen LogP contribution in [0.25, 0.3) is 11.4 Å². The zero-order chi connectivity index (χ0) is 11.5. The number of rotatable bonds is 3. The normalized spacial score (nSPS) is 10.7. The molecule has 0 fully saturated rings. The zero-order valence-electron chi connectivity index (χ0n) is 9.42. The van der Waals surface area contributed by atoms with E-state index < -0.39 is 0 Å². The van der Waals surface area contributed by atoms with E-state index in [2.05, 4.69) is 22.1 Å². The highest BCUT2D eigenvalue weighted by Gasteiger charge is 2.10. The van der Waals surface area contributed by atoms with Crippen molar-refractivity contribution in [1.82, 2.24) is 15.2 Å². The predicted molar refractivity (Wildman–Crippen MR) is 65.6 cm³/mol. The Morgan fingerprint density at radius 2 is 2.19 bits per heavy atom. The predicted octanol–water partition coefficient (Wildman–Crippen LogP) is 3.39. The van der Waals surface area contributed by atoms with E-state index in [1.807, 2.05) is 25.1 Å². The lowest BCUT2D eigenvalue weighted by Gasteiger charge is -2.01. The van der Waals surface area contributed by atoms with Crippen molar-refractivity contribution < 1.29 is 0 Å². The summed E-state index contributed by atoms with van der Waals surface area (Å²) >= 11 is 6.22. The molecular formula is C12H14ClN3. The maximum Gasteiger partial charge on any atom is 0.182 e. The molecule has 1 aromatic carbocycles. The Bertz CT molecular complexity index is 491. The second-order valence-electron chi connectivity index (χ2n) is 3.79. The van der Waals surface area contributed by atoms with E-state index in [9.17, 15) is 0 Å². The first-order valence-corrected chi connectivity index (χ1v) is 5.77. The number of halogens is 1. The maximum absolute atomic E-state index is 6.22. The highest BCUT2D eigenvalue weighted by atomic mass is 35.5. The van der Waals surface area contributed by atoms with Gasteiger partial charge in [0.1, 0.15) is 5.82 Å². The fourth-order valence-electron chi connectivity index (χ4n) is 1.58. The number of aromatic nitrogens is 3. The van der Waals surface area contributed by atoms with E-state index in [4.69, 9.17) is 11.6 Å². The molecule has 0 aliphatic carbocycles. The van der Waals surface area contributed by atoms with Crippen LogP contribution in [0.2, 0.25) is 5.02 Å². The van der Waals surface area contributed by atoms with Crippen molar-refractivity contribution in [2.75, 3.05) is 0 Å². The van der Waals surface area contributed by atoms with Gasteiger partial charge in [0.05, 0.1) is 5.02 Å². The van der Waals surface area contributed by atoms with Crippen LogP contribution in [0.5, 0.6) is 0 Å². The van der Waals surface area contributed by atoms with Crippen LogP contribution in [0.15, 0.2) is 18.2 Å². The van der Waals surface area contributed by atoms with E-state index in [1.165, 1.54) is 0 Å². The van der Waals surface area contributed by atoms with Crippen LogP contribution in [0.4, 0.5) is 0 Å². The third-order valence-electron chi connectivity index (χ3n) is 2.45. The summed E-state index contributed by atoms with van der Waals surface area (Å²) in [6, 6.07) is 5.88. The summed E-state index contributed by atoms with van der Waals surface area (Å²) in [5, 5.41) is 7.84. The molecule has 0 atom stereocenters. The molecule has 1 heterocycles. The number of H-pyrrole nitrogens is 1. The maximum atomic E-state index is 6.22. The van der Waals surface area contributed by atoms with Gasteiger partial charge in [-0.25, -0.2) is 4.98 Å². The first-order chi connectivity index (χ1) is 7.72. The standard InChI is InChI=1S/C12H14ClN3/c1-3-5-10-14-12(16-15-10)9-7-4-6-8(2)11(9)13/h4,6-7H,3,5H2,1-2H3,(H,14,15,16). The number of hydrogen-bond donors (Lipinski definition) is 1. The molecule has 3 nitrogen and oxygen atoms in total. The fraction of sp³-hybridized carbons (Fsp3) is 0.333. The molecule has 0 aliphatic rings. The smallest absolute Gasteiger partial charge is 0.182 e. The molecule has 0 spiro atoms. The first kappa shape index (κ1) is 11.1. The van der Waals surface area contributed by atoms with Gasteiger partial charge in [-0.15, -0.1) is 0 Å². The topological polar surface area (TPSA) is 41.6 Å². The molecule has 84 valence electrons. The SMILES string of the molecule is CCCc1nc(-c2cccc(C)c2Cl)n[nH]1. The minimum atomic E-state index is 0.678. The molecule has 1 aromatic heterocycles. The van der Waals surface area contributed by atoms with Crippen molar-refractivity contribution in [2.24, 2.45) is 0 Å². The van der Waals surface area contributed by atoms with Gasteiger partial charge in [0.15, 0.2) is 5.82 Å². The highest BCUT2D eigenvalue weighted by molar-refractivity contribution is 6.33. The lowest BCUT2D eigenvalue weighted by atomic mass is 10.1. The van der Waals surface area contributed by atoms with Gasteiger partial charge >= 0.3 is 0 Å². The molecule has 16 heavy (non-hydrogen) atoms. The average molecular weight is 236 g/mol. The molecule has 0 bridgehead atoms. The van der Waals surface area contributed by atoms with Crippen LogP contribution in [0.3, 0.4) is 0 Å². The van der Waals surface area contributed by atoms with Gasteiger partial charge in [0, 0.05) is 12.0 Å². The lowest BCUT2D eigenvalue weighted by molar-refractivity contribution is 0.841. The Balaban J connectivity index is 2.39. The van der Waals surface area contributed by atoms with Crippen LogP contribution in [0.1, 0.15) is 24.7 Å². The van der Waals surface area contributed by atoms with Gasteiger partial charge in [-0.3, -0.25) is 5.10 Å². The molecule has 0 unspecified atom stereocenters. The number of benzene rings is 1. The van der Waals surface area contributed by atoms with E-state index in [0.717, 1.165) is 34.8 Å². The van der Waals surface area contributed by atoms with Crippen LogP contribution in [-0.4, -0.2) is 15.2 Å². The van der Waals surface area contributed by atoms with Crippen molar-refractivity contribution in [3.63, 3.8) is 0 Å². The molecular weight excluding hydrogens is 222 g/mol. The van der Waals surface area contributed by atoms with E-state index >= 15 is 0 Å². The van der Waals surface area contributed by atoms with Crippen molar-refractivity contribution in [1.29, 1.82) is 0 Å². The summed E-state index contributed by atoms with van der Waals surface area (Å²) < 4.78 is 0. The van der Waals surface area contributed by atoms with Crippen LogP contribution in [0, 0.1) is 6.92 Å². The van der Waals surface area contributed by atoms with Crippen molar-refractivity contribution in [3.05, 3.63) is 34.6 Å². The van der Waals surface area contributed by atoms with Crippen molar-refractivity contribution in [3.8, 4) is 11.4 Å². The fourth-order valence-corrected chi connectivity index (χ4v) is 1.79. The molecule has 0 saturated carbocycles. The van der Waals surface area contributed by atoms with Crippen LogP contribution in [-0.2, 0) is 6.42 Å². The molecule has 4 heteroatoms. The number of aryl methyl sites for hydroxylation is 2. The number of hydrogen-bond acceptors (Lipinski definition) is 2. The minimum Gasteiger partial charge on any atom is -0.263 e. The van der Waals surface area contributed by atoms with Gasteiger partial charge in [0.2, 0.25) is 0 Å². The summed E-state index contributed by atoms with van der Waals surface area (Å²) in [4.78, 5) is 4.42. The second-order valence-corrected chi connectivity index (χ2v) is 4.17. The highest BCUT2D eigenvalue weighted by Crippen LogP contribution is 2.27. The van der Waals surface area contributed by atoms with Gasteiger partial charge in [-0.1, -0.05) is 30.7 Å². The molecule has 0 saturated heterocycles. The summed E-state index contributed by atoms with van der Waals surface area (Å²) in [7, 11) is 0. The van der Waals surface area contributed by atoms with Crippen LogP contribution < -0.4 is 0 Å². The average Bonchev–Trinajstić information content (AvgIpc) is 2.71. The zero-order valence-corrected chi connectivity index (χ0v) is 10.2. The Hall–Kier alpha value is -1.35. The van der Waals surface area contributed by atoms with Gasteiger partial charge in [-0.2, -0.15) is 5.10 Å². The van der Waals surface area contributed by atoms with Crippen molar-refractivity contribution in [2.45, 2.75) is 26.7 Å². The van der Waals surface area contributed by atoms with E-state index in [0.29, 0.717) is 5.82 Å². The summed E-state index contributed by atoms with van der Waals surface area (Å²) in [5.41, 5.74) is 1.93. The number of aromatic amines is 1. The van der Waals surface area contributed by atoms with Gasteiger partial charge in [0.25, 0.3) is 0 Å². The Kier molecular flexibility index (Phi) is 3.25. The summed E-state index contributed by atoms with van der Waals surface area (Å²) in [6.45, 7) is 4.09. The lowest BCUT2D eigenvalue weighted by Crippen LogP contribution is -1.86. The summed E-state index contributed by atoms with van der Waals surface area (Å²) in [5.74, 6) is 1.59. The molecule has 0 aliphatic heterocycles.